The predicted octanol–water partition coefficient (Wildman–Crippen LogP) is 5.68. The number of aliphatic hydroxyl groups is 1. The van der Waals surface area contributed by atoms with E-state index in [9.17, 15) is 14.7 Å². The highest BCUT2D eigenvalue weighted by molar-refractivity contribution is 5.69. The average molecular weight is 546 g/mol. The minimum atomic E-state index is -0.272. The van der Waals surface area contributed by atoms with Crippen LogP contribution in [0.4, 0.5) is 0 Å². The summed E-state index contributed by atoms with van der Waals surface area (Å²) in [5, 5.41) is 9.17. The van der Waals surface area contributed by atoms with Gasteiger partial charge in [0.15, 0.2) is 0 Å². The van der Waals surface area contributed by atoms with Gasteiger partial charge in [0.2, 0.25) is 0 Å². The number of rotatable bonds is 29. The van der Waals surface area contributed by atoms with Crippen molar-refractivity contribution in [1.82, 2.24) is 4.90 Å². The van der Waals surface area contributed by atoms with E-state index < -0.39 is 0 Å². The van der Waals surface area contributed by atoms with Gasteiger partial charge in [-0.25, -0.2) is 0 Å². The van der Waals surface area contributed by atoms with Crippen LogP contribution >= 0.6 is 0 Å². The van der Waals surface area contributed by atoms with Crippen LogP contribution in [0.3, 0.4) is 0 Å². The number of hydrogen-bond donors (Lipinski definition) is 1. The van der Waals surface area contributed by atoms with Gasteiger partial charge in [0.05, 0.1) is 58.6 Å². The molecule has 8 nitrogen and oxygen atoms in total. The quantitative estimate of drug-likeness (QED) is 0.0948. The molecule has 0 radical (unpaired) electrons. The summed E-state index contributed by atoms with van der Waals surface area (Å²) in [5.41, 5.74) is 0. The van der Waals surface area contributed by atoms with Gasteiger partial charge in [0, 0.05) is 13.1 Å². The van der Waals surface area contributed by atoms with E-state index in [2.05, 4.69) is 13.8 Å². The van der Waals surface area contributed by atoms with Crippen LogP contribution in [0.25, 0.3) is 0 Å². The van der Waals surface area contributed by atoms with Crippen molar-refractivity contribution in [3.63, 3.8) is 0 Å². The van der Waals surface area contributed by atoms with Gasteiger partial charge < -0.3 is 29.0 Å². The summed E-state index contributed by atoms with van der Waals surface area (Å²) in [4.78, 5) is 25.9. The number of carbonyl (C=O) groups is 2. The molecule has 0 aromatic heterocycles. The number of nitrogens with zero attached hydrogens (tertiary/aromatic N) is 1. The summed E-state index contributed by atoms with van der Waals surface area (Å²) in [5.74, 6) is -0.488. The number of hydrogen-bond acceptors (Lipinski definition) is 8. The Hall–Kier alpha value is -1.22. The first-order valence-electron chi connectivity index (χ1n) is 15.3. The second-order valence-corrected chi connectivity index (χ2v) is 10.2. The molecular formula is C30H59NO7. The van der Waals surface area contributed by atoms with E-state index in [0.29, 0.717) is 32.9 Å². The Morgan fingerprint density at radius 2 is 1.16 bits per heavy atom. The van der Waals surface area contributed by atoms with Gasteiger partial charge in [-0.2, -0.15) is 0 Å². The molecule has 0 rings (SSSR count). The van der Waals surface area contributed by atoms with Gasteiger partial charge in [0.25, 0.3) is 0 Å². The first-order valence-corrected chi connectivity index (χ1v) is 15.3. The lowest BCUT2D eigenvalue weighted by Crippen LogP contribution is -2.36. The van der Waals surface area contributed by atoms with Gasteiger partial charge in [-0.05, 0) is 19.9 Å². The molecule has 0 spiro atoms. The van der Waals surface area contributed by atoms with Crippen molar-refractivity contribution in [3.8, 4) is 0 Å². The van der Waals surface area contributed by atoms with E-state index in [1.54, 1.807) is 0 Å². The third kappa shape index (κ3) is 26.4. The summed E-state index contributed by atoms with van der Waals surface area (Å²) >= 11 is 0. The Bertz CT molecular complexity index is 533. The maximum absolute atomic E-state index is 12.0. The highest BCUT2D eigenvalue weighted by atomic mass is 16.6. The maximum Gasteiger partial charge on any atom is 0.308 e. The predicted molar refractivity (Wildman–Crippen MR) is 152 cm³/mol. The molecule has 0 aliphatic heterocycles. The lowest BCUT2D eigenvalue weighted by Gasteiger charge is -2.23. The molecule has 8 heteroatoms. The van der Waals surface area contributed by atoms with Crippen LogP contribution in [-0.2, 0) is 28.5 Å². The normalized spacial score (nSPS) is 12.1. The highest BCUT2D eigenvalue weighted by Gasteiger charge is 2.15. The Morgan fingerprint density at radius 3 is 1.66 bits per heavy atom. The highest BCUT2D eigenvalue weighted by Crippen LogP contribution is 2.08. The summed E-state index contributed by atoms with van der Waals surface area (Å²) in [7, 11) is 1.89. The van der Waals surface area contributed by atoms with E-state index in [-0.39, 0.29) is 50.7 Å². The van der Waals surface area contributed by atoms with E-state index in [1.165, 1.54) is 64.2 Å². The van der Waals surface area contributed by atoms with Crippen LogP contribution in [0.2, 0.25) is 0 Å². The third-order valence-corrected chi connectivity index (χ3v) is 6.43. The van der Waals surface area contributed by atoms with Crippen LogP contribution in [0, 0.1) is 0 Å². The Kier molecular flexibility index (Phi) is 27.9. The molecule has 0 fully saturated rings. The van der Waals surface area contributed by atoms with Crippen molar-refractivity contribution >= 4 is 11.9 Å². The number of aliphatic hydroxyl groups excluding tert-OH is 1. The van der Waals surface area contributed by atoms with Crippen molar-refractivity contribution in [1.29, 1.82) is 0 Å². The fraction of sp³-hybridized carbons (Fsp3) is 0.933. The van der Waals surface area contributed by atoms with Crippen LogP contribution in [0.5, 0.6) is 0 Å². The van der Waals surface area contributed by atoms with Gasteiger partial charge in [0.1, 0.15) is 0 Å². The standard InChI is InChI=1S/C30H59NO7/c1-4-6-8-10-12-14-16-22-37-29(33)18-24-35-27-28(26-31(3)20-21-32)36-25-19-30(34)38-23-17-15-13-11-9-7-5-2/h28,32H,4-27H2,1-3H3. The van der Waals surface area contributed by atoms with Gasteiger partial charge in [-0.15, -0.1) is 0 Å². The lowest BCUT2D eigenvalue weighted by molar-refractivity contribution is -0.147. The molecule has 0 saturated carbocycles. The third-order valence-electron chi connectivity index (χ3n) is 6.43. The Labute approximate surface area is 233 Å². The van der Waals surface area contributed by atoms with E-state index >= 15 is 0 Å². The smallest absolute Gasteiger partial charge is 0.308 e. The first kappa shape index (κ1) is 36.8. The van der Waals surface area contributed by atoms with E-state index in [4.69, 9.17) is 18.9 Å². The van der Waals surface area contributed by atoms with Crippen LogP contribution in [0.15, 0.2) is 0 Å². The van der Waals surface area contributed by atoms with Crippen molar-refractivity contribution in [2.45, 2.75) is 123 Å². The van der Waals surface area contributed by atoms with Gasteiger partial charge in [-0.3, -0.25) is 9.59 Å². The minimum absolute atomic E-state index is 0.0551. The molecule has 0 bridgehead atoms. The number of esters is 2. The second-order valence-electron chi connectivity index (χ2n) is 10.2. The second kappa shape index (κ2) is 28.8. The Morgan fingerprint density at radius 1 is 0.684 bits per heavy atom. The fourth-order valence-electron chi connectivity index (χ4n) is 4.08. The van der Waals surface area contributed by atoms with Crippen molar-refractivity contribution in [2.24, 2.45) is 0 Å². The molecule has 226 valence electrons. The molecule has 0 aliphatic rings. The summed E-state index contributed by atoms with van der Waals surface area (Å²) in [6.07, 6.45) is 16.7. The van der Waals surface area contributed by atoms with Crippen molar-refractivity contribution in [2.75, 3.05) is 59.8 Å². The lowest BCUT2D eigenvalue weighted by atomic mass is 10.1. The zero-order valence-electron chi connectivity index (χ0n) is 24.9. The fourth-order valence-corrected chi connectivity index (χ4v) is 4.08. The van der Waals surface area contributed by atoms with Gasteiger partial charge >= 0.3 is 11.9 Å². The van der Waals surface area contributed by atoms with E-state index in [0.717, 1.165) is 25.7 Å². The molecule has 0 aromatic carbocycles. The molecular weight excluding hydrogens is 486 g/mol. The molecule has 0 aliphatic carbocycles. The van der Waals surface area contributed by atoms with Crippen LogP contribution in [-0.4, -0.2) is 87.8 Å². The zero-order chi connectivity index (χ0) is 28.1. The number of likely N-dealkylation sites (N-methyl/N-ethyl adjacent to an activating group) is 1. The first-order chi connectivity index (χ1) is 18.5. The van der Waals surface area contributed by atoms with Crippen molar-refractivity contribution in [3.05, 3.63) is 0 Å². The van der Waals surface area contributed by atoms with Crippen LogP contribution in [0.1, 0.15) is 117 Å². The van der Waals surface area contributed by atoms with Crippen molar-refractivity contribution < 1.29 is 33.6 Å². The topological polar surface area (TPSA) is 94.5 Å². The minimum Gasteiger partial charge on any atom is -0.466 e. The SMILES string of the molecule is CCCCCCCCCOC(=O)CCOCC(CN(C)CCO)OCCC(=O)OCCCCCCCCC. The molecule has 0 saturated heterocycles. The summed E-state index contributed by atoms with van der Waals surface area (Å²) in [6.45, 7) is 7.30. The molecule has 38 heavy (non-hydrogen) atoms. The Balaban J connectivity index is 3.99. The number of ether oxygens (including phenoxy) is 4. The molecule has 1 unspecified atom stereocenters. The monoisotopic (exact) mass is 545 g/mol. The van der Waals surface area contributed by atoms with Gasteiger partial charge in [-0.1, -0.05) is 90.9 Å². The summed E-state index contributed by atoms with van der Waals surface area (Å²) in [6, 6.07) is 0. The molecule has 0 amide bonds. The van der Waals surface area contributed by atoms with Crippen LogP contribution < -0.4 is 0 Å². The van der Waals surface area contributed by atoms with E-state index in [1.807, 2.05) is 11.9 Å². The molecule has 0 aromatic rings. The summed E-state index contributed by atoms with van der Waals surface area (Å²) < 4.78 is 22.2. The zero-order valence-corrected chi connectivity index (χ0v) is 24.9. The number of carbonyl (C=O) groups excluding carboxylic acids is 2. The largest absolute Gasteiger partial charge is 0.466 e. The molecule has 0 heterocycles. The molecule has 1 atom stereocenters. The average Bonchev–Trinajstić information content (AvgIpc) is 2.89. The molecule has 1 N–H and O–H groups in total. The maximum atomic E-state index is 12.0. The number of unbranched alkanes of at least 4 members (excludes halogenated alkanes) is 12.